The molecule has 4 rings (SSSR count). The molecule has 0 aliphatic carbocycles. The first-order chi connectivity index (χ1) is 15.2. The van der Waals surface area contributed by atoms with Crippen LogP contribution in [-0.4, -0.2) is 32.3 Å². The van der Waals surface area contributed by atoms with Gasteiger partial charge in [-0.15, -0.1) is 11.3 Å². The number of aromatic amines is 2. The van der Waals surface area contributed by atoms with E-state index in [1.54, 1.807) is 26.0 Å². The molecule has 164 valence electrons. The van der Waals surface area contributed by atoms with Gasteiger partial charge in [0.15, 0.2) is 16.7 Å². The van der Waals surface area contributed by atoms with Crippen molar-refractivity contribution in [1.29, 1.82) is 0 Å². The van der Waals surface area contributed by atoms with Crippen molar-refractivity contribution in [3.05, 3.63) is 67.8 Å². The molecule has 1 aromatic carbocycles. The van der Waals surface area contributed by atoms with E-state index in [1.165, 1.54) is 30.4 Å². The number of aryl methyl sites for hydroxylation is 2. The first kappa shape index (κ1) is 22.2. The quantitative estimate of drug-likeness (QED) is 0.229. The van der Waals surface area contributed by atoms with Crippen LogP contribution in [0.3, 0.4) is 0 Å². The topological polar surface area (TPSA) is 95.7 Å². The highest BCUT2D eigenvalue weighted by Gasteiger charge is 2.21. The van der Waals surface area contributed by atoms with E-state index in [9.17, 15) is 18.8 Å². The molecule has 9 heteroatoms. The van der Waals surface area contributed by atoms with Crippen molar-refractivity contribution in [2.75, 3.05) is 5.75 Å². The molecule has 0 unspecified atom stereocenters. The molecule has 2 N–H and O–H groups in total. The molecule has 0 bridgehead atoms. The smallest absolute Gasteiger partial charge is 0.260 e. The molecule has 3 heterocycles. The summed E-state index contributed by atoms with van der Waals surface area (Å²) in [6, 6.07) is 6.00. The third-order valence-electron chi connectivity index (χ3n) is 5.26. The minimum Gasteiger partial charge on any atom is -0.355 e. The lowest BCUT2D eigenvalue weighted by Gasteiger charge is -2.03. The van der Waals surface area contributed by atoms with Crippen LogP contribution < -0.4 is 5.56 Å². The highest BCUT2D eigenvalue weighted by Crippen LogP contribution is 2.36. The van der Waals surface area contributed by atoms with E-state index in [2.05, 4.69) is 15.0 Å². The number of nitrogens with one attached hydrogen (secondary N) is 2. The standard InChI is InChI=1S/C23H20FN3O3S2/c1-10-17(12(3)28)11(2)25-20(10)16(29)9-31-23-26-21(30)19-18(13(4)32-22(19)27-23)14-5-7-15(24)8-6-14/h5-8,25H,9H2,1-4H3,(H,26,27,30). The van der Waals surface area contributed by atoms with Gasteiger partial charge >= 0.3 is 0 Å². The molecule has 0 atom stereocenters. The lowest BCUT2D eigenvalue weighted by molar-refractivity contribution is 0.101. The summed E-state index contributed by atoms with van der Waals surface area (Å²) in [6.45, 7) is 6.87. The number of thiophene rings is 1. The minimum absolute atomic E-state index is 0.0573. The average Bonchev–Trinajstić information content (AvgIpc) is 3.22. The van der Waals surface area contributed by atoms with Crippen molar-refractivity contribution in [2.45, 2.75) is 32.9 Å². The highest BCUT2D eigenvalue weighted by molar-refractivity contribution is 7.99. The van der Waals surface area contributed by atoms with Gasteiger partial charge in [-0.05, 0) is 51.0 Å². The van der Waals surface area contributed by atoms with E-state index in [-0.39, 0.29) is 28.7 Å². The number of ketones is 2. The van der Waals surface area contributed by atoms with Crippen molar-refractivity contribution >= 4 is 44.9 Å². The number of hydrogen-bond donors (Lipinski definition) is 2. The van der Waals surface area contributed by atoms with Gasteiger partial charge in [-0.1, -0.05) is 23.9 Å². The highest BCUT2D eigenvalue weighted by atomic mass is 32.2. The van der Waals surface area contributed by atoms with Crippen LogP contribution in [0.5, 0.6) is 0 Å². The number of rotatable bonds is 6. The van der Waals surface area contributed by atoms with Crippen molar-refractivity contribution < 1.29 is 14.0 Å². The number of benzene rings is 1. The Morgan fingerprint density at radius 3 is 2.44 bits per heavy atom. The third kappa shape index (κ3) is 3.93. The second-order valence-corrected chi connectivity index (χ2v) is 9.65. The molecule has 0 fully saturated rings. The maximum Gasteiger partial charge on any atom is 0.260 e. The van der Waals surface area contributed by atoms with Gasteiger partial charge in [0.25, 0.3) is 5.56 Å². The summed E-state index contributed by atoms with van der Waals surface area (Å²) in [5, 5.41) is 0.798. The number of carbonyl (C=O) groups excluding carboxylic acids is 2. The normalized spacial score (nSPS) is 11.3. The maximum absolute atomic E-state index is 13.3. The van der Waals surface area contributed by atoms with Gasteiger partial charge in [-0.3, -0.25) is 14.4 Å². The van der Waals surface area contributed by atoms with Crippen LogP contribution in [0.2, 0.25) is 0 Å². The molecule has 0 aliphatic heterocycles. The number of carbonyl (C=O) groups is 2. The zero-order chi connectivity index (χ0) is 23.2. The number of Topliss-reactive ketones (excluding diaryl/α,β-unsaturated/α-hetero) is 2. The Morgan fingerprint density at radius 2 is 1.81 bits per heavy atom. The molecule has 0 spiro atoms. The molecule has 0 saturated heterocycles. The number of hydrogen-bond acceptors (Lipinski definition) is 6. The molecule has 0 aliphatic rings. The van der Waals surface area contributed by atoms with Gasteiger partial charge in [0.2, 0.25) is 0 Å². The largest absolute Gasteiger partial charge is 0.355 e. The second kappa shape index (κ2) is 8.48. The minimum atomic E-state index is -0.343. The van der Waals surface area contributed by atoms with Gasteiger partial charge in [0, 0.05) is 21.7 Å². The predicted octanol–water partition coefficient (Wildman–Crippen LogP) is 5.22. The number of halogens is 1. The van der Waals surface area contributed by atoms with Crippen LogP contribution in [0.1, 0.15) is 43.9 Å². The molecule has 4 aromatic rings. The Balaban J connectivity index is 1.62. The summed E-state index contributed by atoms with van der Waals surface area (Å²) in [5.41, 5.74) is 3.41. The number of thioether (sulfide) groups is 1. The van der Waals surface area contributed by atoms with Gasteiger partial charge in [-0.2, -0.15) is 0 Å². The van der Waals surface area contributed by atoms with Gasteiger partial charge in [-0.25, -0.2) is 9.37 Å². The Bertz CT molecular complexity index is 1430. The first-order valence-corrected chi connectivity index (χ1v) is 11.6. The second-order valence-electron chi connectivity index (χ2n) is 7.48. The number of fused-ring (bicyclic) bond motifs is 1. The lowest BCUT2D eigenvalue weighted by atomic mass is 10.0. The van der Waals surface area contributed by atoms with Gasteiger partial charge in [0.1, 0.15) is 10.6 Å². The summed E-state index contributed by atoms with van der Waals surface area (Å²) in [4.78, 5) is 49.2. The molecule has 32 heavy (non-hydrogen) atoms. The van der Waals surface area contributed by atoms with E-state index in [0.29, 0.717) is 37.9 Å². The van der Waals surface area contributed by atoms with Gasteiger partial charge < -0.3 is 9.97 Å². The monoisotopic (exact) mass is 469 g/mol. The Labute approximate surface area is 191 Å². The zero-order valence-corrected chi connectivity index (χ0v) is 19.5. The van der Waals surface area contributed by atoms with Crippen LogP contribution in [0, 0.1) is 26.6 Å². The van der Waals surface area contributed by atoms with E-state index in [4.69, 9.17) is 0 Å². The van der Waals surface area contributed by atoms with E-state index >= 15 is 0 Å². The van der Waals surface area contributed by atoms with Crippen molar-refractivity contribution in [3.8, 4) is 11.1 Å². The van der Waals surface area contributed by atoms with E-state index in [0.717, 1.165) is 27.8 Å². The summed E-state index contributed by atoms with van der Waals surface area (Å²) in [5.74, 6) is -0.559. The Morgan fingerprint density at radius 1 is 1.12 bits per heavy atom. The van der Waals surface area contributed by atoms with Crippen LogP contribution >= 0.6 is 23.1 Å². The van der Waals surface area contributed by atoms with E-state index < -0.39 is 0 Å². The average molecular weight is 470 g/mol. The summed E-state index contributed by atoms with van der Waals surface area (Å²) in [6.07, 6.45) is 0. The Kier molecular flexibility index (Phi) is 5.87. The summed E-state index contributed by atoms with van der Waals surface area (Å²) in [7, 11) is 0. The fourth-order valence-electron chi connectivity index (χ4n) is 3.89. The SMILES string of the molecule is CC(=O)c1c(C)[nH]c(C(=O)CSc2nc3sc(C)c(-c4ccc(F)cc4)c3c(=O)[nH]2)c1C. The molecular formula is C23H20FN3O3S2. The molecular weight excluding hydrogens is 449 g/mol. The Hall–Kier alpha value is -3.04. The third-order valence-corrected chi connectivity index (χ3v) is 7.13. The fourth-order valence-corrected chi connectivity index (χ4v) is 5.73. The fraction of sp³-hybridized carbons (Fsp3) is 0.217. The lowest BCUT2D eigenvalue weighted by Crippen LogP contribution is -2.11. The number of nitrogens with zero attached hydrogens (tertiary/aromatic N) is 1. The molecule has 3 aromatic heterocycles. The molecule has 0 saturated carbocycles. The number of aromatic nitrogens is 3. The summed E-state index contributed by atoms with van der Waals surface area (Å²) < 4.78 is 13.3. The number of H-pyrrole nitrogens is 2. The van der Waals surface area contributed by atoms with E-state index in [1.807, 2.05) is 6.92 Å². The predicted molar refractivity (Wildman–Crippen MR) is 126 cm³/mol. The first-order valence-electron chi connectivity index (χ1n) is 9.82. The van der Waals surface area contributed by atoms with Crippen LogP contribution in [0.25, 0.3) is 21.3 Å². The summed E-state index contributed by atoms with van der Waals surface area (Å²) >= 11 is 2.51. The van der Waals surface area contributed by atoms with Crippen LogP contribution in [-0.2, 0) is 0 Å². The van der Waals surface area contributed by atoms with Crippen LogP contribution in [0.4, 0.5) is 4.39 Å². The van der Waals surface area contributed by atoms with Gasteiger partial charge in [0.05, 0.1) is 16.8 Å². The zero-order valence-electron chi connectivity index (χ0n) is 17.9. The van der Waals surface area contributed by atoms with Crippen molar-refractivity contribution in [2.24, 2.45) is 0 Å². The van der Waals surface area contributed by atoms with Crippen LogP contribution in [0.15, 0.2) is 34.2 Å². The van der Waals surface area contributed by atoms with Crippen molar-refractivity contribution in [3.63, 3.8) is 0 Å². The molecule has 0 radical (unpaired) electrons. The van der Waals surface area contributed by atoms with Crippen molar-refractivity contribution in [1.82, 2.24) is 15.0 Å². The molecule has 6 nitrogen and oxygen atoms in total. The maximum atomic E-state index is 13.3. The molecule has 0 amide bonds.